The van der Waals surface area contributed by atoms with E-state index in [4.69, 9.17) is 5.73 Å². The Bertz CT molecular complexity index is 95.6. The van der Waals surface area contributed by atoms with Crippen molar-refractivity contribution in [3.05, 3.63) is 0 Å². The molecule has 0 aliphatic heterocycles. The highest BCUT2D eigenvalue weighted by molar-refractivity contribution is 4.73. The zero-order valence-electron chi connectivity index (χ0n) is 8.39. The van der Waals surface area contributed by atoms with Crippen LogP contribution in [-0.4, -0.2) is 6.54 Å². The molecule has 72 valence electrons. The first-order valence-electron chi connectivity index (χ1n) is 5.56. The fourth-order valence-electron chi connectivity index (χ4n) is 2.57. The van der Waals surface area contributed by atoms with E-state index < -0.39 is 0 Å². The third-order valence-corrected chi connectivity index (χ3v) is 3.16. The van der Waals surface area contributed by atoms with Crippen molar-refractivity contribution in [2.24, 2.45) is 17.6 Å². The molecule has 0 radical (unpaired) electrons. The third-order valence-electron chi connectivity index (χ3n) is 3.16. The monoisotopic (exact) mass is 169 g/mol. The topological polar surface area (TPSA) is 26.0 Å². The summed E-state index contributed by atoms with van der Waals surface area (Å²) in [5.74, 6) is 1.99. The molecule has 0 bridgehead atoms. The molecule has 1 aliphatic carbocycles. The van der Waals surface area contributed by atoms with Gasteiger partial charge in [-0.1, -0.05) is 39.0 Å². The average molecular weight is 169 g/mol. The summed E-state index contributed by atoms with van der Waals surface area (Å²) >= 11 is 0. The van der Waals surface area contributed by atoms with Crippen LogP contribution in [0.3, 0.4) is 0 Å². The smallest absolute Gasteiger partial charge is 0.00746 e. The van der Waals surface area contributed by atoms with E-state index in [0.29, 0.717) is 0 Å². The van der Waals surface area contributed by atoms with Gasteiger partial charge in [0.15, 0.2) is 0 Å². The van der Waals surface area contributed by atoms with Crippen LogP contribution in [0, 0.1) is 11.8 Å². The first kappa shape index (κ1) is 10.0. The molecule has 0 heterocycles. The van der Waals surface area contributed by atoms with E-state index in [1.807, 2.05) is 0 Å². The molecule has 2 unspecified atom stereocenters. The lowest BCUT2D eigenvalue weighted by atomic mass is 9.78. The van der Waals surface area contributed by atoms with Gasteiger partial charge in [0.1, 0.15) is 0 Å². The second-order valence-corrected chi connectivity index (χ2v) is 4.26. The van der Waals surface area contributed by atoms with E-state index in [2.05, 4.69) is 6.92 Å². The van der Waals surface area contributed by atoms with Gasteiger partial charge in [-0.2, -0.15) is 0 Å². The molecule has 0 aromatic rings. The first-order chi connectivity index (χ1) is 5.86. The van der Waals surface area contributed by atoms with Gasteiger partial charge in [-0.25, -0.2) is 0 Å². The molecular formula is C11H23N. The Hall–Kier alpha value is -0.0400. The molecule has 1 nitrogen and oxygen atoms in total. The third kappa shape index (κ3) is 3.14. The van der Waals surface area contributed by atoms with E-state index >= 15 is 0 Å². The van der Waals surface area contributed by atoms with Crippen molar-refractivity contribution in [2.75, 3.05) is 6.54 Å². The second-order valence-electron chi connectivity index (χ2n) is 4.26. The van der Waals surface area contributed by atoms with Crippen LogP contribution in [0.1, 0.15) is 51.9 Å². The maximum atomic E-state index is 5.58. The van der Waals surface area contributed by atoms with E-state index in [-0.39, 0.29) is 0 Å². The van der Waals surface area contributed by atoms with Crippen molar-refractivity contribution >= 4 is 0 Å². The summed E-state index contributed by atoms with van der Waals surface area (Å²) in [6, 6.07) is 0. The Morgan fingerprint density at radius 3 is 2.42 bits per heavy atom. The minimum atomic E-state index is 0.892. The SMILES string of the molecule is CCCC1CCCC(CCN)C1. The molecule has 0 saturated heterocycles. The molecule has 1 rings (SSSR count). The highest BCUT2D eigenvalue weighted by atomic mass is 14.5. The molecule has 1 fully saturated rings. The molecule has 1 saturated carbocycles. The summed E-state index contributed by atoms with van der Waals surface area (Å²) in [5, 5.41) is 0. The molecule has 0 spiro atoms. The Kier molecular flexibility index (Phi) is 4.67. The molecule has 2 atom stereocenters. The summed E-state index contributed by atoms with van der Waals surface area (Å²) in [4.78, 5) is 0. The average Bonchev–Trinajstić information content (AvgIpc) is 2.06. The van der Waals surface area contributed by atoms with Crippen LogP contribution in [0.25, 0.3) is 0 Å². The van der Waals surface area contributed by atoms with E-state index in [1.165, 1.54) is 44.9 Å². The van der Waals surface area contributed by atoms with Crippen molar-refractivity contribution in [3.8, 4) is 0 Å². The molecule has 2 N–H and O–H groups in total. The molecule has 0 aromatic carbocycles. The van der Waals surface area contributed by atoms with Gasteiger partial charge < -0.3 is 5.73 Å². The van der Waals surface area contributed by atoms with Crippen LogP contribution in [-0.2, 0) is 0 Å². The summed E-state index contributed by atoms with van der Waals surface area (Å²) in [6.45, 7) is 3.19. The van der Waals surface area contributed by atoms with Crippen LogP contribution >= 0.6 is 0 Å². The second kappa shape index (κ2) is 5.58. The Morgan fingerprint density at radius 1 is 1.17 bits per heavy atom. The van der Waals surface area contributed by atoms with Crippen molar-refractivity contribution in [2.45, 2.75) is 51.9 Å². The van der Waals surface area contributed by atoms with Crippen molar-refractivity contribution in [1.29, 1.82) is 0 Å². The lowest BCUT2D eigenvalue weighted by Crippen LogP contribution is -2.18. The normalized spacial score (nSPS) is 30.5. The van der Waals surface area contributed by atoms with Gasteiger partial charge in [-0.15, -0.1) is 0 Å². The number of hydrogen-bond donors (Lipinski definition) is 1. The lowest BCUT2D eigenvalue weighted by molar-refractivity contribution is 0.245. The zero-order chi connectivity index (χ0) is 8.81. The first-order valence-corrected chi connectivity index (χ1v) is 5.56. The predicted molar refractivity (Wildman–Crippen MR) is 54.0 cm³/mol. The van der Waals surface area contributed by atoms with E-state index in [1.54, 1.807) is 0 Å². The number of hydrogen-bond acceptors (Lipinski definition) is 1. The fourth-order valence-corrected chi connectivity index (χ4v) is 2.57. The highest BCUT2D eigenvalue weighted by Crippen LogP contribution is 2.33. The minimum Gasteiger partial charge on any atom is -0.330 e. The zero-order valence-corrected chi connectivity index (χ0v) is 8.39. The molecule has 0 aromatic heterocycles. The molecule has 0 amide bonds. The van der Waals surface area contributed by atoms with Gasteiger partial charge in [0.25, 0.3) is 0 Å². The van der Waals surface area contributed by atoms with Gasteiger partial charge >= 0.3 is 0 Å². The van der Waals surface area contributed by atoms with Crippen molar-refractivity contribution < 1.29 is 0 Å². The Labute approximate surface area is 76.7 Å². The van der Waals surface area contributed by atoms with E-state index in [0.717, 1.165) is 18.4 Å². The van der Waals surface area contributed by atoms with Gasteiger partial charge in [-0.3, -0.25) is 0 Å². The van der Waals surface area contributed by atoms with Crippen LogP contribution < -0.4 is 5.73 Å². The van der Waals surface area contributed by atoms with Crippen LogP contribution in [0.2, 0.25) is 0 Å². The highest BCUT2D eigenvalue weighted by Gasteiger charge is 2.20. The molecule has 12 heavy (non-hydrogen) atoms. The van der Waals surface area contributed by atoms with Crippen LogP contribution in [0.5, 0.6) is 0 Å². The largest absolute Gasteiger partial charge is 0.330 e. The summed E-state index contributed by atoms with van der Waals surface area (Å²) in [7, 11) is 0. The maximum absolute atomic E-state index is 5.58. The summed E-state index contributed by atoms with van der Waals surface area (Å²) < 4.78 is 0. The van der Waals surface area contributed by atoms with Gasteiger partial charge in [0.2, 0.25) is 0 Å². The summed E-state index contributed by atoms with van der Waals surface area (Å²) in [6.07, 6.45) is 9.91. The minimum absolute atomic E-state index is 0.892. The quantitative estimate of drug-likeness (QED) is 0.688. The predicted octanol–water partition coefficient (Wildman–Crippen LogP) is 2.94. The maximum Gasteiger partial charge on any atom is -0.00746 e. The van der Waals surface area contributed by atoms with Gasteiger partial charge in [-0.05, 0) is 31.2 Å². The van der Waals surface area contributed by atoms with Crippen LogP contribution in [0.15, 0.2) is 0 Å². The lowest BCUT2D eigenvalue weighted by Gasteiger charge is -2.28. The van der Waals surface area contributed by atoms with E-state index in [9.17, 15) is 0 Å². The number of rotatable bonds is 4. The number of nitrogens with two attached hydrogens (primary N) is 1. The van der Waals surface area contributed by atoms with Crippen LogP contribution in [0.4, 0.5) is 0 Å². The fraction of sp³-hybridized carbons (Fsp3) is 1.00. The van der Waals surface area contributed by atoms with Crippen molar-refractivity contribution in [3.63, 3.8) is 0 Å². The Balaban J connectivity index is 2.20. The molecule has 1 heteroatoms. The molecular weight excluding hydrogens is 146 g/mol. The Morgan fingerprint density at radius 2 is 1.83 bits per heavy atom. The summed E-state index contributed by atoms with van der Waals surface area (Å²) in [5.41, 5.74) is 5.58. The van der Waals surface area contributed by atoms with Gasteiger partial charge in [0.05, 0.1) is 0 Å². The van der Waals surface area contributed by atoms with Crippen molar-refractivity contribution in [1.82, 2.24) is 0 Å². The molecule has 1 aliphatic rings. The van der Waals surface area contributed by atoms with Gasteiger partial charge in [0, 0.05) is 0 Å². The standard InChI is InChI=1S/C11H23N/c1-2-4-10-5-3-6-11(9-10)7-8-12/h10-11H,2-9,12H2,1H3.